The molecule has 29 heavy (non-hydrogen) atoms. The fourth-order valence-corrected chi connectivity index (χ4v) is 3.36. The van der Waals surface area contributed by atoms with E-state index in [1.54, 1.807) is 36.4 Å². The Morgan fingerprint density at radius 2 is 1.79 bits per heavy atom. The van der Waals surface area contributed by atoms with Crippen molar-refractivity contribution < 1.29 is 4.79 Å². The minimum atomic E-state index is -0.282. The molecule has 0 radical (unpaired) electrons. The molecule has 0 aliphatic heterocycles. The lowest BCUT2D eigenvalue weighted by molar-refractivity contribution is 0.0956. The molecule has 4 aromatic rings. The molecule has 1 amide bonds. The Labute approximate surface area is 172 Å². The summed E-state index contributed by atoms with van der Waals surface area (Å²) < 4.78 is 0. The van der Waals surface area contributed by atoms with Gasteiger partial charge in [-0.1, -0.05) is 30.3 Å². The second kappa shape index (κ2) is 8.67. The topological polar surface area (TPSA) is 67.2 Å². The average molecular weight is 398 g/mol. The highest BCUT2D eigenvalue weighted by Crippen LogP contribution is 2.24. The molecule has 0 spiro atoms. The van der Waals surface area contributed by atoms with E-state index in [-0.39, 0.29) is 5.91 Å². The molecule has 142 valence electrons. The third-order valence-electron chi connectivity index (χ3n) is 4.43. The van der Waals surface area contributed by atoms with Gasteiger partial charge in [0.1, 0.15) is 0 Å². The number of fused-ring (bicyclic) bond motifs is 1. The highest BCUT2D eigenvalue weighted by atomic mass is 32.2. The summed E-state index contributed by atoms with van der Waals surface area (Å²) in [6.07, 6.45) is 7.08. The first kappa shape index (κ1) is 18.8. The van der Waals surface area contributed by atoms with Crippen molar-refractivity contribution in [1.82, 2.24) is 15.4 Å². The van der Waals surface area contributed by atoms with Gasteiger partial charge in [0.2, 0.25) is 0 Å². The lowest BCUT2D eigenvalue weighted by Gasteiger charge is -2.09. The zero-order chi connectivity index (χ0) is 20.1. The number of amides is 1. The first-order chi connectivity index (χ1) is 14.2. The Morgan fingerprint density at radius 1 is 1.03 bits per heavy atom. The Morgan fingerprint density at radius 3 is 2.55 bits per heavy atom. The summed E-state index contributed by atoms with van der Waals surface area (Å²) in [7, 11) is 0. The van der Waals surface area contributed by atoms with Gasteiger partial charge in [-0.15, -0.1) is 11.8 Å². The fraction of sp³-hybridized carbons (Fsp3) is 0.0435. The molecule has 4 rings (SSSR count). The van der Waals surface area contributed by atoms with Crippen LogP contribution in [-0.2, 0) is 0 Å². The van der Waals surface area contributed by atoms with Gasteiger partial charge in [0.15, 0.2) is 0 Å². The number of pyridine rings is 2. The molecule has 2 aromatic heterocycles. The van der Waals surface area contributed by atoms with Crippen LogP contribution in [0.1, 0.15) is 15.9 Å². The molecule has 2 aromatic carbocycles. The van der Waals surface area contributed by atoms with E-state index in [2.05, 4.69) is 20.5 Å². The molecule has 0 fully saturated rings. The van der Waals surface area contributed by atoms with E-state index in [1.807, 2.05) is 66.9 Å². The number of carbonyl (C=O) groups is 1. The highest BCUT2D eigenvalue weighted by molar-refractivity contribution is 7.98. The fourth-order valence-electron chi connectivity index (χ4n) is 2.95. The summed E-state index contributed by atoms with van der Waals surface area (Å²) in [5.41, 5.74) is 6.44. The third kappa shape index (κ3) is 4.33. The molecule has 1 N–H and O–H groups in total. The predicted molar refractivity (Wildman–Crippen MR) is 118 cm³/mol. The second-order valence-electron chi connectivity index (χ2n) is 6.28. The molecule has 6 heteroatoms. The number of para-hydroxylation sites is 1. The van der Waals surface area contributed by atoms with Gasteiger partial charge in [0, 0.05) is 28.2 Å². The van der Waals surface area contributed by atoms with Crippen molar-refractivity contribution in [2.24, 2.45) is 5.10 Å². The van der Waals surface area contributed by atoms with Crippen LogP contribution in [0.25, 0.3) is 22.2 Å². The SMILES string of the molecule is CSc1ccc(/C=N\NC(=O)c2cc(-c3ccncc3)nc3ccccc23)cc1. The first-order valence-corrected chi connectivity index (χ1v) is 10.2. The van der Waals surface area contributed by atoms with Gasteiger partial charge in [0.25, 0.3) is 5.91 Å². The maximum Gasteiger partial charge on any atom is 0.272 e. The van der Waals surface area contributed by atoms with Crippen molar-refractivity contribution in [3.8, 4) is 11.3 Å². The summed E-state index contributed by atoms with van der Waals surface area (Å²) in [6.45, 7) is 0. The lowest BCUT2D eigenvalue weighted by Crippen LogP contribution is -2.18. The Bertz CT molecular complexity index is 1170. The van der Waals surface area contributed by atoms with Crippen LogP contribution in [0.5, 0.6) is 0 Å². The van der Waals surface area contributed by atoms with Gasteiger partial charge in [-0.2, -0.15) is 5.10 Å². The van der Waals surface area contributed by atoms with Crippen LogP contribution in [-0.4, -0.2) is 28.3 Å². The molecule has 0 aliphatic carbocycles. The van der Waals surface area contributed by atoms with Crippen molar-refractivity contribution in [3.05, 3.63) is 90.3 Å². The van der Waals surface area contributed by atoms with Crippen molar-refractivity contribution in [3.63, 3.8) is 0 Å². The summed E-state index contributed by atoms with van der Waals surface area (Å²) in [4.78, 5) is 22.8. The van der Waals surface area contributed by atoms with E-state index in [4.69, 9.17) is 0 Å². The number of nitrogens with zero attached hydrogens (tertiary/aromatic N) is 3. The van der Waals surface area contributed by atoms with Crippen LogP contribution in [0.15, 0.2) is 89.1 Å². The van der Waals surface area contributed by atoms with Gasteiger partial charge in [-0.3, -0.25) is 9.78 Å². The largest absolute Gasteiger partial charge is 0.272 e. The number of rotatable bonds is 5. The number of nitrogens with one attached hydrogen (secondary N) is 1. The molecule has 0 saturated heterocycles. The van der Waals surface area contributed by atoms with Gasteiger partial charge in [-0.25, -0.2) is 10.4 Å². The van der Waals surface area contributed by atoms with Crippen LogP contribution in [0.4, 0.5) is 0 Å². The molecular weight excluding hydrogens is 380 g/mol. The number of hydrogen-bond donors (Lipinski definition) is 1. The number of hydrazone groups is 1. The summed E-state index contributed by atoms with van der Waals surface area (Å²) in [6, 6.07) is 21.1. The molecular formula is C23H18N4OS. The Balaban J connectivity index is 1.63. The van der Waals surface area contributed by atoms with Crippen molar-refractivity contribution in [2.75, 3.05) is 6.26 Å². The van der Waals surface area contributed by atoms with Gasteiger partial charge >= 0.3 is 0 Å². The van der Waals surface area contributed by atoms with Gasteiger partial charge < -0.3 is 0 Å². The predicted octanol–water partition coefficient (Wildman–Crippen LogP) is 4.78. The number of carbonyl (C=O) groups excluding carboxylic acids is 1. The summed E-state index contributed by atoms with van der Waals surface area (Å²) in [5.74, 6) is -0.282. The summed E-state index contributed by atoms with van der Waals surface area (Å²) >= 11 is 1.68. The van der Waals surface area contributed by atoms with E-state index in [0.717, 1.165) is 22.0 Å². The smallest absolute Gasteiger partial charge is 0.267 e. The molecule has 0 unspecified atom stereocenters. The Hall–Kier alpha value is -3.51. The molecule has 0 aliphatic rings. The van der Waals surface area contributed by atoms with Crippen LogP contribution in [0, 0.1) is 0 Å². The van der Waals surface area contributed by atoms with Crippen molar-refractivity contribution >= 4 is 34.8 Å². The van der Waals surface area contributed by atoms with E-state index in [1.165, 1.54) is 4.90 Å². The quantitative estimate of drug-likeness (QED) is 0.298. The Kier molecular flexibility index (Phi) is 5.63. The van der Waals surface area contributed by atoms with Crippen LogP contribution >= 0.6 is 11.8 Å². The number of benzene rings is 2. The van der Waals surface area contributed by atoms with Crippen molar-refractivity contribution in [1.29, 1.82) is 0 Å². The molecule has 0 atom stereocenters. The van der Waals surface area contributed by atoms with E-state index >= 15 is 0 Å². The molecule has 5 nitrogen and oxygen atoms in total. The second-order valence-corrected chi connectivity index (χ2v) is 7.16. The number of thioether (sulfide) groups is 1. The molecule has 0 saturated carbocycles. The zero-order valence-corrected chi connectivity index (χ0v) is 16.6. The first-order valence-electron chi connectivity index (χ1n) is 9.02. The zero-order valence-electron chi connectivity index (χ0n) is 15.7. The van der Waals surface area contributed by atoms with Crippen LogP contribution in [0.2, 0.25) is 0 Å². The standard InChI is InChI=1S/C23H18N4OS/c1-29-18-8-6-16(7-9-18)15-25-27-23(28)20-14-22(17-10-12-24-13-11-17)26-21-5-3-2-4-19(20)21/h2-15H,1H3,(H,27,28)/b25-15-. The van der Waals surface area contributed by atoms with E-state index < -0.39 is 0 Å². The number of aromatic nitrogens is 2. The number of hydrogen-bond acceptors (Lipinski definition) is 5. The van der Waals surface area contributed by atoms with Crippen LogP contribution in [0.3, 0.4) is 0 Å². The minimum absolute atomic E-state index is 0.282. The summed E-state index contributed by atoms with van der Waals surface area (Å²) in [5, 5.41) is 4.90. The average Bonchev–Trinajstić information content (AvgIpc) is 2.79. The van der Waals surface area contributed by atoms with Gasteiger partial charge in [0.05, 0.1) is 23.0 Å². The van der Waals surface area contributed by atoms with Crippen molar-refractivity contribution in [2.45, 2.75) is 4.90 Å². The monoisotopic (exact) mass is 398 g/mol. The maximum atomic E-state index is 12.9. The highest BCUT2D eigenvalue weighted by Gasteiger charge is 2.13. The molecule has 0 bridgehead atoms. The minimum Gasteiger partial charge on any atom is -0.267 e. The lowest BCUT2D eigenvalue weighted by atomic mass is 10.0. The van der Waals surface area contributed by atoms with Crippen LogP contribution < -0.4 is 5.43 Å². The molecule has 2 heterocycles. The normalized spacial score (nSPS) is 11.1. The van der Waals surface area contributed by atoms with E-state index in [0.29, 0.717) is 11.3 Å². The maximum absolute atomic E-state index is 12.9. The van der Waals surface area contributed by atoms with Gasteiger partial charge in [-0.05, 0) is 48.2 Å². The third-order valence-corrected chi connectivity index (χ3v) is 5.18. The van der Waals surface area contributed by atoms with E-state index in [9.17, 15) is 4.79 Å².